The summed E-state index contributed by atoms with van der Waals surface area (Å²) in [6.45, 7) is 1.13. The Hall–Kier alpha value is -1.15. The van der Waals surface area contributed by atoms with Crippen molar-refractivity contribution in [3.05, 3.63) is 34.9 Å². The van der Waals surface area contributed by atoms with Crippen molar-refractivity contribution in [1.82, 2.24) is 13.9 Å². The second-order valence-electron chi connectivity index (χ2n) is 7.86. The summed E-state index contributed by atoms with van der Waals surface area (Å²) in [7, 11) is -1.84. The van der Waals surface area contributed by atoms with Crippen LogP contribution in [0.25, 0.3) is 0 Å². The van der Waals surface area contributed by atoms with Crippen LogP contribution < -0.4 is 5.32 Å². The Bertz CT molecular complexity index is 781. The molecule has 1 unspecified atom stereocenters. The molecule has 1 aliphatic heterocycles. The molecule has 1 aliphatic carbocycles. The first-order valence-corrected chi connectivity index (χ1v) is 11.9. The third-order valence-corrected chi connectivity index (χ3v) is 8.14. The summed E-state index contributed by atoms with van der Waals surface area (Å²) < 4.78 is 29.2. The molecule has 1 saturated heterocycles. The highest BCUT2D eigenvalue weighted by Crippen LogP contribution is 2.27. The van der Waals surface area contributed by atoms with E-state index in [1.807, 2.05) is 18.2 Å². The van der Waals surface area contributed by atoms with Crippen molar-refractivity contribution < 1.29 is 13.2 Å². The third-order valence-electron chi connectivity index (χ3n) is 5.89. The van der Waals surface area contributed by atoms with Crippen LogP contribution in [0.15, 0.2) is 24.3 Å². The number of hydrogen-bond donors (Lipinski definition) is 1. The molecule has 0 radical (unpaired) electrons. The van der Waals surface area contributed by atoms with Gasteiger partial charge in [-0.15, -0.1) is 0 Å². The molecular weight excluding hydrogens is 398 g/mol. The van der Waals surface area contributed by atoms with Gasteiger partial charge in [-0.2, -0.15) is 17.0 Å². The van der Waals surface area contributed by atoms with E-state index in [-0.39, 0.29) is 24.4 Å². The molecule has 6 nitrogen and oxygen atoms in total. The molecule has 1 aromatic rings. The number of benzene rings is 1. The molecule has 1 amide bonds. The van der Waals surface area contributed by atoms with Crippen molar-refractivity contribution in [1.29, 1.82) is 0 Å². The molecule has 1 saturated carbocycles. The van der Waals surface area contributed by atoms with Gasteiger partial charge in [-0.3, -0.25) is 4.79 Å². The minimum absolute atomic E-state index is 0.0794. The van der Waals surface area contributed by atoms with E-state index >= 15 is 0 Å². The van der Waals surface area contributed by atoms with Gasteiger partial charge in [0.2, 0.25) is 5.91 Å². The Morgan fingerprint density at radius 1 is 1.21 bits per heavy atom. The van der Waals surface area contributed by atoms with Gasteiger partial charge in [-0.1, -0.05) is 43.0 Å². The van der Waals surface area contributed by atoms with Gasteiger partial charge in [0.25, 0.3) is 10.2 Å². The van der Waals surface area contributed by atoms with Crippen LogP contribution >= 0.6 is 11.6 Å². The van der Waals surface area contributed by atoms with Gasteiger partial charge < -0.3 is 5.32 Å². The highest BCUT2D eigenvalue weighted by Gasteiger charge is 2.37. The molecular formula is C20H30ClN3O3S. The number of halogens is 1. The zero-order valence-corrected chi connectivity index (χ0v) is 18.0. The molecule has 0 aromatic heterocycles. The lowest BCUT2D eigenvalue weighted by atomic mass is 9.96. The molecule has 0 spiro atoms. The minimum atomic E-state index is -3.53. The lowest BCUT2D eigenvalue weighted by Gasteiger charge is -2.37. The fraction of sp³-hybridized carbons (Fsp3) is 0.650. The fourth-order valence-corrected chi connectivity index (χ4v) is 6.05. The minimum Gasteiger partial charge on any atom is -0.352 e. The fourth-order valence-electron chi connectivity index (χ4n) is 4.16. The molecule has 2 fully saturated rings. The van der Waals surface area contributed by atoms with Gasteiger partial charge in [0.05, 0.1) is 5.92 Å². The Balaban J connectivity index is 1.58. The molecule has 1 atom stereocenters. The van der Waals surface area contributed by atoms with E-state index < -0.39 is 10.2 Å². The Labute approximate surface area is 173 Å². The molecule has 3 rings (SSSR count). The number of amides is 1. The van der Waals surface area contributed by atoms with Crippen molar-refractivity contribution in [2.75, 3.05) is 20.1 Å². The van der Waals surface area contributed by atoms with Gasteiger partial charge >= 0.3 is 0 Å². The largest absolute Gasteiger partial charge is 0.352 e. The molecule has 28 heavy (non-hydrogen) atoms. The van der Waals surface area contributed by atoms with Crippen molar-refractivity contribution in [2.24, 2.45) is 5.92 Å². The van der Waals surface area contributed by atoms with E-state index in [0.717, 1.165) is 31.2 Å². The van der Waals surface area contributed by atoms with E-state index in [1.54, 1.807) is 17.4 Å². The van der Waals surface area contributed by atoms with Gasteiger partial charge in [-0.25, -0.2) is 0 Å². The first-order chi connectivity index (χ1) is 13.4. The van der Waals surface area contributed by atoms with Crippen LogP contribution in [-0.4, -0.2) is 49.1 Å². The summed E-state index contributed by atoms with van der Waals surface area (Å²) in [5.74, 6) is -0.414. The maximum atomic E-state index is 13.1. The monoisotopic (exact) mass is 427 g/mol. The Kier molecular flexibility index (Phi) is 7.36. The van der Waals surface area contributed by atoms with Gasteiger partial charge in [0, 0.05) is 37.7 Å². The predicted octanol–water partition coefficient (Wildman–Crippen LogP) is 3.18. The Morgan fingerprint density at radius 2 is 1.96 bits per heavy atom. The topological polar surface area (TPSA) is 69.7 Å². The number of hydrogen-bond acceptors (Lipinski definition) is 3. The van der Waals surface area contributed by atoms with E-state index in [1.165, 1.54) is 10.7 Å². The molecule has 1 heterocycles. The lowest BCUT2D eigenvalue weighted by Crippen LogP contribution is -2.52. The summed E-state index contributed by atoms with van der Waals surface area (Å²) >= 11 is 5.98. The summed E-state index contributed by atoms with van der Waals surface area (Å²) in [5.41, 5.74) is 0.929. The van der Waals surface area contributed by atoms with Crippen LogP contribution in [-0.2, 0) is 21.5 Å². The van der Waals surface area contributed by atoms with Gasteiger partial charge in [0.15, 0.2) is 0 Å². The van der Waals surface area contributed by atoms with Crippen LogP contribution in [0, 0.1) is 5.92 Å². The predicted molar refractivity (Wildman–Crippen MR) is 111 cm³/mol. The first kappa shape index (κ1) is 21.6. The first-order valence-electron chi connectivity index (χ1n) is 10.1. The molecule has 1 N–H and O–H groups in total. The van der Waals surface area contributed by atoms with Crippen molar-refractivity contribution >= 4 is 27.7 Å². The highest BCUT2D eigenvalue weighted by atomic mass is 35.5. The number of rotatable bonds is 6. The quantitative estimate of drug-likeness (QED) is 0.757. The number of piperidine rings is 1. The summed E-state index contributed by atoms with van der Waals surface area (Å²) in [6, 6.07) is 7.44. The SMILES string of the molecule is CN(C1CCCCC1)S(=O)(=O)N1CCCC(C(=O)NCc2cccc(Cl)c2)C1. The second-order valence-corrected chi connectivity index (χ2v) is 10.3. The van der Waals surface area contributed by atoms with Crippen molar-refractivity contribution in [2.45, 2.75) is 57.5 Å². The lowest BCUT2D eigenvalue weighted by molar-refractivity contribution is -0.126. The molecule has 8 heteroatoms. The highest BCUT2D eigenvalue weighted by molar-refractivity contribution is 7.86. The average molecular weight is 428 g/mol. The number of carbonyl (C=O) groups excluding carboxylic acids is 1. The maximum Gasteiger partial charge on any atom is 0.281 e. The van der Waals surface area contributed by atoms with Crippen molar-refractivity contribution in [3.63, 3.8) is 0 Å². The average Bonchev–Trinajstić information content (AvgIpc) is 2.72. The maximum absolute atomic E-state index is 13.1. The smallest absolute Gasteiger partial charge is 0.281 e. The van der Waals surface area contributed by atoms with Crippen molar-refractivity contribution in [3.8, 4) is 0 Å². The Morgan fingerprint density at radius 3 is 2.68 bits per heavy atom. The van der Waals surface area contributed by atoms with Crippen LogP contribution in [0.1, 0.15) is 50.5 Å². The van der Waals surface area contributed by atoms with Crippen LogP contribution in [0.4, 0.5) is 0 Å². The molecule has 2 aliphatic rings. The van der Waals surface area contributed by atoms with Gasteiger partial charge in [-0.05, 0) is 43.4 Å². The van der Waals surface area contributed by atoms with E-state index in [4.69, 9.17) is 11.6 Å². The third kappa shape index (κ3) is 5.26. The number of nitrogens with zero attached hydrogens (tertiary/aromatic N) is 2. The molecule has 1 aromatic carbocycles. The van der Waals surface area contributed by atoms with E-state index in [9.17, 15) is 13.2 Å². The standard InChI is InChI=1S/C20H30ClN3O3S/c1-23(19-10-3-2-4-11-19)28(26,27)24-12-6-8-17(15-24)20(25)22-14-16-7-5-9-18(21)13-16/h5,7,9,13,17,19H,2-4,6,8,10-12,14-15H2,1H3,(H,22,25). The van der Waals surface area contributed by atoms with Crippen LogP contribution in [0.3, 0.4) is 0 Å². The second kappa shape index (κ2) is 9.57. The number of carbonyl (C=O) groups is 1. The zero-order valence-electron chi connectivity index (χ0n) is 16.4. The van der Waals surface area contributed by atoms with Crippen LogP contribution in [0.5, 0.6) is 0 Å². The molecule has 156 valence electrons. The zero-order chi connectivity index (χ0) is 20.1. The summed E-state index contributed by atoms with van der Waals surface area (Å²) in [6.07, 6.45) is 6.61. The summed E-state index contributed by atoms with van der Waals surface area (Å²) in [4.78, 5) is 12.6. The normalized spacial score (nSPS) is 22.3. The molecule has 0 bridgehead atoms. The number of nitrogens with one attached hydrogen (secondary N) is 1. The van der Waals surface area contributed by atoms with E-state index in [2.05, 4.69) is 5.32 Å². The van der Waals surface area contributed by atoms with Crippen LogP contribution in [0.2, 0.25) is 5.02 Å². The van der Waals surface area contributed by atoms with E-state index in [0.29, 0.717) is 31.0 Å². The summed E-state index contributed by atoms with van der Waals surface area (Å²) in [5, 5.41) is 3.56. The van der Waals surface area contributed by atoms with Gasteiger partial charge in [0.1, 0.15) is 0 Å².